The maximum absolute atomic E-state index is 6.19. The molecule has 4 heteroatoms. The second-order valence-corrected chi connectivity index (χ2v) is 14.4. The van der Waals surface area contributed by atoms with Crippen LogP contribution in [0.3, 0.4) is 0 Å². The average molecular weight is 705 g/mol. The van der Waals surface area contributed by atoms with Crippen LogP contribution in [0.2, 0.25) is 0 Å². The minimum atomic E-state index is -0.0231. The van der Waals surface area contributed by atoms with Crippen LogP contribution in [0.25, 0.3) is 0 Å². The van der Waals surface area contributed by atoms with Gasteiger partial charge >= 0.3 is 0 Å². The average Bonchev–Trinajstić information content (AvgIpc) is 3.02. The van der Waals surface area contributed by atoms with Crippen LogP contribution in [-0.2, 0) is 9.47 Å². The van der Waals surface area contributed by atoms with Crippen molar-refractivity contribution in [2.75, 3.05) is 33.9 Å². The summed E-state index contributed by atoms with van der Waals surface area (Å²) in [4.78, 5) is 2.24. The second-order valence-electron chi connectivity index (χ2n) is 14.4. The van der Waals surface area contributed by atoms with Gasteiger partial charge in [-0.3, -0.25) is 0 Å². The van der Waals surface area contributed by atoms with Gasteiger partial charge in [0.1, 0.15) is 0 Å². The lowest BCUT2D eigenvalue weighted by molar-refractivity contribution is -0.148. The summed E-state index contributed by atoms with van der Waals surface area (Å²) < 4.78 is 12.4. The third-order valence-corrected chi connectivity index (χ3v) is 9.42. The van der Waals surface area contributed by atoms with Gasteiger partial charge in [-0.05, 0) is 26.9 Å². The maximum atomic E-state index is 6.19. The van der Waals surface area contributed by atoms with Crippen molar-refractivity contribution in [3.63, 3.8) is 0 Å². The van der Waals surface area contributed by atoms with Crippen molar-refractivity contribution in [1.29, 1.82) is 0 Å². The predicted octanol–water partition coefficient (Wildman–Crippen LogP) is 14.4. The van der Waals surface area contributed by atoms with Gasteiger partial charge in [0.05, 0.1) is 0 Å². The topological polar surface area (TPSA) is 21.7 Å². The summed E-state index contributed by atoms with van der Waals surface area (Å²) in [5.74, 6) is 0. The lowest BCUT2D eigenvalue weighted by atomic mass is 10.0. The van der Waals surface area contributed by atoms with Crippen molar-refractivity contribution in [2.24, 2.45) is 0 Å². The van der Waals surface area contributed by atoms with E-state index in [2.05, 4.69) is 32.8 Å². The van der Waals surface area contributed by atoms with Crippen molar-refractivity contribution in [1.82, 2.24) is 4.90 Å². The molecule has 0 unspecified atom stereocenters. The fraction of sp³-hybridized carbons (Fsp3) is 1.00. The lowest BCUT2D eigenvalue weighted by Crippen LogP contribution is -2.25. The van der Waals surface area contributed by atoms with E-state index in [9.17, 15) is 0 Å². The van der Waals surface area contributed by atoms with E-state index in [0.29, 0.717) is 0 Å². The molecule has 0 saturated carbocycles. The van der Waals surface area contributed by atoms with Crippen molar-refractivity contribution in [2.45, 2.75) is 232 Å². The molecule has 3 nitrogen and oxygen atoms in total. The van der Waals surface area contributed by atoms with Crippen LogP contribution in [0.15, 0.2) is 0 Å². The highest BCUT2D eigenvalue weighted by molar-refractivity contribution is 8.93. The molecule has 0 aromatic heterocycles. The maximum Gasteiger partial charge on any atom is 0.158 e. The monoisotopic (exact) mass is 704 g/mol. The molecule has 0 aromatic rings. The number of hydrogen-bond donors (Lipinski definition) is 0. The van der Waals surface area contributed by atoms with Crippen LogP contribution < -0.4 is 0 Å². The first-order valence-corrected chi connectivity index (χ1v) is 20.6. The zero-order valence-electron chi connectivity index (χ0n) is 31.7. The van der Waals surface area contributed by atoms with Crippen LogP contribution in [0, 0.1) is 0 Å². The van der Waals surface area contributed by atoms with E-state index in [0.717, 1.165) is 26.2 Å². The van der Waals surface area contributed by atoms with Crippen molar-refractivity contribution >= 4 is 17.0 Å². The molecule has 0 aliphatic carbocycles. The molecule has 0 amide bonds. The highest BCUT2D eigenvalue weighted by Gasteiger charge is 2.10. The predicted molar refractivity (Wildman–Crippen MR) is 208 cm³/mol. The Morgan fingerprint density at radius 3 is 0.800 bits per heavy atom. The van der Waals surface area contributed by atoms with E-state index in [1.54, 1.807) is 0 Å². The fourth-order valence-corrected chi connectivity index (χ4v) is 6.31. The van der Waals surface area contributed by atoms with Crippen LogP contribution in [0.5, 0.6) is 0 Å². The lowest BCUT2D eigenvalue weighted by Gasteiger charge is -2.20. The minimum Gasteiger partial charge on any atom is -0.353 e. The van der Waals surface area contributed by atoms with Gasteiger partial charge in [0.25, 0.3) is 0 Å². The number of rotatable bonds is 39. The minimum absolute atomic E-state index is 0. The second kappa shape index (κ2) is 42.4. The Labute approximate surface area is 296 Å². The van der Waals surface area contributed by atoms with Crippen molar-refractivity contribution in [3.05, 3.63) is 0 Å². The Balaban J connectivity index is 0. The molecule has 0 atom stereocenters. The normalized spacial score (nSPS) is 11.6. The van der Waals surface area contributed by atoms with Gasteiger partial charge in [-0.25, -0.2) is 0 Å². The molecule has 0 fully saturated rings. The highest BCUT2D eigenvalue weighted by Crippen LogP contribution is 2.16. The summed E-state index contributed by atoms with van der Waals surface area (Å²) in [5, 5.41) is 0. The standard InChI is InChI=1S/C41H85NO2.BrH/c1-5-7-9-11-13-15-17-19-21-23-25-27-29-31-33-35-39-43-41(37-38-42(3)4)44-40-36-34-32-30-28-26-24-22-20-18-16-14-12-10-8-6-2;/h41H,5-40H2,1-4H3;1H. The van der Waals surface area contributed by atoms with Gasteiger partial charge < -0.3 is 14.4 Å². The van der Waals surface area contributed by atoms with E-state index in [1.807, 2.05) is 0 Å². The smallest absolute Gasteiger partial charge is 0.158 e. The Morgan fingerprint density at radius 2 is 0.578 bits per heavy atom. The van der Waals surface area contributed by atoms with E-state index in [1.165, 1.54) is 205 Å². The fourth-order valence-electron chi connectivity index (χ4n) is 6.31. The number of unbranched alkanes of at least 4 members (excludes halogenated alkanes) is 30. The third kappa shape index (κ3) is 42.3. The van der Waals surface area contributed by atoms with Crippen molar-refractivity contribution < 1.29 is 9.47 Å². The number of ether oxygens (including phenoxy) is 2. The molecule has 0 rings (SSSR count). The van der Waals surface area contributed by atoms with Crippen LogP contribution in [0.1, 0.15) is 226 Å². The molecule has 0 aromatic carbocycles. The molecule has 0 saturated heterocycles. The molecule has 274 valence electrons. The molecule has 0 bridgehead atoms. The molecular formula is C41H86BrNO2. The summed E-state index contributed by atoms with van der Waals surface area (Å²) in [6.45, 7) is 7.35. The Morgan fingerprint density at radius 1 is 0.356 bits per heavy atom. The quantitative estimate of drug-likeness (QED) is 0.0470. The molecular weight excluding hydrogens is 618 g/mol. The largest absolute Gasteiger partial charge is 0.353 e. The number of nitrogens with zero attached hydrogens (tertiary/aromatic N) is 1. The summed E-state index contributed by atoms with van der Waals surface area (Å²) in [5.41, 5.74) is 0. The van der Waals surface area contributed by atoms with Crippen LogP contribution in [0.4, 0.5) is 0 Å². The molecule has 0 radical (unpaired) electrons. The van der Waals surface area contributed by atoms with Gasteiger partial charge in [0, 0.05) is 26.2 Å². The SMILES string of the molecule is Br.CCCCCCCCCCCCCCCCCCOC(CCN(C)C)OCCCCCCCCCCCCCCCCCC. The van der Waals surface area contributed by atoms with Gasteiger partial charge in [-0.15, -0.1) is 17.0 Å². The molecule has 45 heavy (non-hydrogen) atoms. The Hall–Kier alpha value is 0.360. The zero-order valence-corrected chi connectivity index (χ0v) is 33.4. The number of halogens is 1. The van der Waals surface area contributed by atoms with Gasteiger partial charge in [0.2, 0.25) is 0 Å². The summed E-state index contributed by atoms with van der Waals surface area (Å²) in [6, 6.07) is 0. The Kier molecular flexibility index (Phi) is 44.7. The Bertz CT molecular complexity index is 466. The van der Waals surface area contributed by atoms with E-state index in [4.69, 9.17) is 9.47 Å². The van der Waals surface area contributed by atoms with Crippen molar-refractivity contribution in [3.8, 4) is 0 Å². The van der Waals surface area contributed by atoms with E-state index in [-0.39, 0.29) is 23.3 Å². The first-order valence-electron chi connectivity index (χ1n) is 20.6. The first-order chi connectivity index (χ1) is 21.7. The van der Waals surface area contributed by atoms with Gasteiger partial charge in [-0.2, -0.15) is 0 Å². The van der Waals surface area contributed by atoms with E-state index >= 15 is 0 Å². The summed E-state index contributed by atoms with van der Waals surface area (Å²) in [7, 11) is 4.28. The number of hydrogen-bond acceptors (Lipinski definition) is 3. The molecule has 0 spiro atoms. The van der Waals surface area contributed by atoms with Gasteiger partial charge in [0.15, 0.2) is 6.29 Å². The van der Waals surface area contributed by atoms with E-state index < -0.39 is 0 Å². The molecule has 0 heterocycles. The highest BCUT2D eigenvalue weighted by atomic mass is 79.9. The molecule has 0 aliphatic rings. The summed E-state index contributed by atoms with van der Waals surface area (Å²) in [6.07, 6.45) is 46.1. The third-order valence-electron chi connectivity index (χ3n) is 9.42. The van der Waals surface area contributed by atoms with Crippen LogP contribution >= 0.6 is 17.0 Å². The first kappa shape index (κ1) is 47.5. The summed E-state index contributed by atoms with van der Waals surface area (Å²) >= 11 is 0. The van der Waals surface area contributed by atoms with Gasteiger partial charge in [-0.1, -0.05) is 206 Å². The molecule has 0 aliphatic heterocycles. The zero-order chi connectivity index (χ0) is 32.0. The van der Waals surface area contributed by atoms with Crippen LogP contribution in [-0.4, -0.2) is 45.0 Å². The molecule has 0 N–H and O–H groups in total.